The lowest BCUT2D eigenvalue weighted by Crippen LogP contribution is -2.43. The van der Waals surface area contributed by atoms with Gasteiger partial charge in [-0.2, -0.15) is 0 Å². The molecular weight excluding hydrogens is 310 g/mol. The highest BCUT2D eigenvalue weighted by molar-refractivity contribution is 5.85. The van der Waals surface area contributed by atoms with Gasteiger partial charge in [0.05, 0.1) is 6.61 Å². The van der Waals surface area contributed by atoms with Crippen LogP contribution in [0.4, 0.5) is 5.69 Å². The second-order valence-electron chi connectivity index (χ2n) is 6.34. The van der Waals surface area contributed by atoms with Crippen LogP contribution >= 0.6 is 12.4 Å². The van der Waals surface area contributed by atoms with Gasteiger partial charge in [-0.25, -0.2) is 0 Å². The smallest absolute Gasteiger partial charge is 0.119 e. The van der Waals surface area contributed by atoms with Crippen molar-refractivity contribution in [1.29, 1.82) is 0 Å². The number of anilines is 1. The zero-order valence-corrected chi connectivity index (χ0v) is 14.8. The monoisotopic (exact) mass is 339 g/mol. The topological polar surface area (TPSA) is 27.7 Å². The number of nitrogens with one attached hydrogen (secondary N) is 1. The first kappa shape index (κ1) is 18.4. The first-order valence-corrected chi connectivity index (χ1v) is 8.83. The van der Waals surface area contributed by atoms with E-state index in [1.54, 1.807) is 0 Å². The third-order valence-electron chi connectivity index (χ3n) is 4.65. The normalized spacial score (nSPS) is 19.2. The summed E-state index contributed by atoms with van der Waals surface area (Å²) in [5.41, 5.74) is 1.31. The second kappa shape index (κ2) is 10.0. The highest BCUT2D eigenvalue weighted by atomic mass is 35.5. The molecule has 0 aliphatic carbocycles. The molecule has 0 saturated carbocycles. The first-order valence-electron chi connectivity index (χ1n) is 8.83. The Balaban J connectivity index is 0.00000192. The van der Waals surface area contributed by atoms with Crippen LogP contribution < -0.4 is 15.0 Å². The van der Waals surface area contributed by atoms with Gasteiger partial charge in [-0.3, -0.25) is 0 Å². The van der Waals surface area contributed by atoms with Gasteiger partial charge in [0.2, 0.25) is 0 Å². The van der Waals surface area contributed by atoms with Gasteiger partial charge < -0.3 is 19.9 Å². The fraction of sp³-hybridized carbons (Fsp3) is 0.667. The Morgan fingerprint density at radius 3 is 2.30 bits per heavy atom. The van der Waals surface area contributed by atoms with E-state index in [4.69, 9.17) is 4.74 Å². The second-order valence-corrected chi connectivity index (χ2v) is 6.34. The van der Waals surface area contributed by atoms with Crippen molar-refractivity contribution < 1.29 is 4.74 Å². The van der Waals surface area contributed by atoms with Crippen LogP contribution in [0.15, 0.2) is 24.3 Å². The lowest BCUT2D eigenvalue weighted by molar-refractivity contribution is 0.205. The summed E-state index contributed by atoms with van der Waals surface area (Å²) in [7, 11) is 0. The molecule has 0 aromatic heterocycles. The Hall–Kier alpha value is -0.970. The van der Waals surface area contributed by atoms with E-state index in [9.17, 15) is 0 Å². The molecule has 2 aliphatic heterocycles. The van der Waals surface area contributed by atoms with E-state index >= 15 is 0 Å². The van der Waals surface area contributed by atoms with E-state index in [0.717, 1.165) is 45.0 Å². The zero-order valence-electron chi connectivity index (χ0n) is 14.0. The molecule has 0 atom stereocenters. The van der Waals surface area contributed by atoms with E-state index in [2.05, 4.69) is 39.4 Å². The summed E-state index contributed by atoms with van der Waals surface area (Å²) in [6.07, 6.45) is 5.27. The largest absolute Gasteiger partial charge is 0.494 e. The molecule has 23 heavy (non-hydrogen) atoms. The minimum atomic E-state index is 0. The van der Waals surface area contributed by atoms with Gasteiger partial charge >= 0.3 is 0 Å². The predicted octanol–water partition coefficient (Wildman–Crippen LogP) is 2.77. The molecule has 0 bridgehead atoms. The average Bonchev–Trinajstić information content (AvgIpc) is 2.61. The van der Waals surface area contributed by atoms with Crippen LogP contribution in [0, 0.1) is 0 Å². The van der Waals surface area contributed by atoms with E-state index in [-0.39, 0.29) is 12.4 Å². The quantitative estimate of drug-likeness (QED) is 0.807. The van der Waals surface area contributed by atoms with Crippen LogP contribution in [-0.2, 0) is 0 Å². The number of piperidine rings is 1. The van der Waals surface area contributed by atoms with Crippen molar-refractivity contribution in [3.05, 3.63) is 24.3 Å². The number of hydrogen-bond acceptors (Lipinski definition) is 4. The number of ether oxygens (including phenoxy) is 1. The van der Waals surface area contributed by atoms with E-state index < -0.39 is 0 Å². The van der Waals surface area contributed by atoms with Gasteiger partial charge in [-0.15, -0.1) is 12.4 Å². The number of halogens is 1. The van der Waals surface area contributed by atoms with E-state index in [0.29, 0.717) is 0 Å². The fourth-order valence-corrected chi connectivity index (χ4v) is 3.34. The molecule has 0 radical (unpaired) electrons. The van der Waals surface area contributed by atoms with Crippen molar-refractivity contribution in [1.82, 2.24) is 10.2 Å². The van der Waals surface area contributed by atoms with Crippen molar-refractivity contribution in [2.24, 2.45) is 0 Å². The maximum Gasteiger partial charge on any atom is 0.119 e. The van der Waals surface area contributed by atoms with Gasteiger partial charge in [0, 0.05) is 38.4 Å². The molecule has 0 spiro atoms. The Bertz CT molecular complexity index is 428. The molecule has 5 heteroatoms. The van der Waals surface area contributed by atoms with Crippen LogP contribution in [0.1, 0.15) is 25.7 Å². The number of nitrogens with zero attached hydrogens (tertiary/aromatic N) is 2. The maximum atomic E-state index is 5.88. The third kappa shape index (κ3) is 5.87. The van der Waals surface area contributed by atoms with Gasteiger partial charge in [-0.05, 0) is 56.6 Å². The van der Waals surface area contributed by atoms with Crippen LogP contribution in [0.2, 0.25) is 0 Å². The predicted molar refractivity (Wildman–Crippen MR) is 99.2 cm³/mol. The van der Waals surface area contributed by atoms with E-state index in [1.165, 1.54) is 44.6 Å². The molecule has 0 amide bonds. The van der Waals surface area contributed by atoms with Crippen LogP contribution in [0.3, 0.4) is 0 Å². The first-order chi connectivity index (χ1) is 10.9. The minimum Gasteiger partial charge on any atom is -0.494 e. The average molecular weight is 340 g/mol. The molecule has 0 unspecified atom stereocenters. The number of hydrogen-bond donors (Lipinski definition) is 1. The summed E-state index contributed by atoms with van der Waals surface area (Å²) in [5, 5.41) is 3.39. The van der Waals surface area contributed by atoms with E-state index in [1.807, 2.05) is 0 Å². The van der Waals surface area contributed by atoms with Crippen molar-refractivity contribution in [2.45, 2.75) is 25.7 Å². The molecular formula is C18H30ClN3O. The summed E-state index contributed by atoms with van der Waals surface area (Å²) in [5.74, 6) is 0.998. The van der Waals surface area contributed by atoms with Gasteiger partial charge in [0.15, 0.2) is 0 Å². The van der Waals surface area contributed by atoms with Crippen molar-refractivity contribution in [2.75, 3.05) is 57.3 Å². The Labute approximate surface area is 146 Å². The summed E-state index contributed by atoms with van der Waals surface area (Å²) in [6.45, 7) is 8.90. The molecule has 2 fully saturated rings. The number of piperazine rings is 1. The number of rotatable bonds is 6. The molecule has 2 heterocycles. The van der Waals surface area contributed by atoms with Crippen molar-refractivity contribution >= 4 is 18.1 Å². The van der Waals surface area contributed by atoms with Gasteiger partial charge in [0.25, 0.3) is 0 Å². The van der Waals surface area contributed by atoms with Crippen LogP contribution in [0.25, 0.3) is 0 Å². The molecule has 3 rings (SSSR count). The standard InChI is InChI=1S/C18H29N3O.ClH/c1-2-11-20(12-3-1)13-4-16-22-18-7-5-17(6-8-18)21-14-9-19-10-15-21;/h5-8,19H,1-4,9-16H2;1H. The summed E-state index contributed by atoms with van der Waals surface area (Å²) in [6, 6.07) is 8.59. The summed E-state index contributed by atoms with van der Waals surface area (Å²) < 4.78 is 5.88. The Morgan fingerprint density at radius 2 is 1.61 bits per heavy atom. The number of likely N-dealkylation sites (tertiary alicyclic amines) is 1. The third-order valence-corrected chi connectivity index (χ3v) is 4.65. The molecule has 2 aliphatic rings. The van der Waals surface area contributed by atoms with Gasteiger partial charge in [-0.1, -0.05) is 6.42 Å². The molecule has 2 saturated heterocycles. The lowest BCUT2D eigenvalue weighted by atomic mass is 10.1. The summed E-state index contributed by atoms with van der Waals surface area (Å²) in [4.78, 5) is 5.00. The highest BCUT2D eigenvalue weighted by Gasteiger charge is 2.11. The SMILES string of the molecule is Cl.c1cc(N2CCNCC2)ccc1OCCCN1CCCCC1. The highest BCUT2D eigenvalue weighted by Crippen LogP contribution is 2.20. The fourth-order valence-electron chi connectivity index (χ4n) is 3.34. The van der Waals surface area contributed by atoms with Crippen molar-refractivity contribution in [3.8, 4) is 5.75 Å². The Kier molecular flexibility index (Phi) is 8.00. The molecule has 1 aromatic carbocycles. The minimum absolute atomic E-state index is 0. The molecule has 1 aromatic rings. The maximum absolute atomic E-state index is 5.88. The Morgan fingerprint density at radius 1 is 0.913 bits per heavy atom. The van der Waals surface area contributed by atoms with Gasteiger partial charge in [0.1, 0.15) is 5.75 Å². The summed E-state index contributed by atoms with van der Waals surface area (Å²) >= 11 is 0. The van der Waals surface area contributed by atoms with Crippen LogP contribution in [0.5, 0.6) is 5.75 Å². The number of benzene rings is 1. The zero-order chi connectivity index (χ0) is 15.0. The lowest BCUT2D eigenvalue weighted by Gasteiger charge is -2.29. The molecule has 1 N–H and O–H groups in total. The molecule has 4 nitrogen and oxygen atoms in total. The molecule has 130 valence electrons. The van der Waals surface area contributed by atoms with Crippen LogP contribution in [-0.4, -0.2) is 57.3 Å². The van der Waals surface area contributed by atoms with Crippen molar-refractivity contribution in [3.63, 3.8) is 0 Å².